The number of hydrogen-bond donors (Lipinski definition) is 1. The number of rotatable bonds is 4. The molecule has 1 saturated heterocycles. The SMILES string of the molecule is CNC(Cc1ncccc1C)C1CCOCC1. The van der Waals surface area contributed by atoms with Crippen molar-refractivity contribution in [3.63, 3.8) is 0 Å². The molecule has 1 aliphatic heterocycles. The van der Waals surface area contributed by atoms with Gasteiger partial charge in [-0.15, -0.1) is 0 Å². The molecule has 1 N–H and O–H groups in total. The molecule has 3 nitrogen and oxygen atoms in total. The molecule has 2 rings (SSSR count). The summed E-state index contributed by atoms with van der Waals surface area (Å²) < 4.78 is 5.42. The molecule has 0 radical (unpaired) electrons. The smallest absolute Gasteiger partial charge is 0.0469 e. The van der Waals surface area contributed by atoms with Crippen LogP contribution in [0.5, 0.6) is 0 Å². The summed E-state index contributed by atoms with van der Waals surface area (Å²) in [6.45, 7) is 3.95. The number of nitrogens with one attached hydrogen (secondary N) is 1. The maximum Gasteiger partial charge on any atom is 0.0469 e. The summed E-state index contributed by atoms with van der Waals surface area (Å²) in [7, 11) is 2.05. The Labute approximate surface area is 104 Å². The third kappa shape index (κ3) is 3.27. The van der Waals surface area contributed by atoms with E-state index >= 15 is 0 Å². The molecule has 0 saturated carbocycles. The number of aromatic nitrogens is 1. The summed E-state index contributed by atoms with van der Waals surface area (Å²) >= 11 is 0. The van der Waals surface area contributed by atoms with Crippen LogP contribution in [0.2, 0.25) is 0 Å². The highest BCUT2D eigenvalue weighted by atomic mass is 16.5. The molecule has 3 heteroatoms. The highest BCUT2D eigenvalue weighted by molar-refractivity contribution is 5.18. The molecule has 1 aromatic heterocycles. The Hall–Kier alpha value is -0.930. The number of pyridine rings is 1. The lowest BCUT2D eigenvalue weighted by atomic mass is 9.88. The Kier molecular flexibility index (Phi) is 4.51. The zero-order valence-electron chi connectivity index (χ0n) is 10.8. The van der Waals surface area contributed by atoms with Crippen molar-refractivity contribution < 1.29 is 4.74 Å². The monoisotopic (exact) mass is 234 g/mol. The first-order valence-electron chi connectivity index (χ1n) is 6.46. The number of ether oxygens (including phenoxy) is 1. The first-order chi connectivity index (χ1) is 8.31. The van der Waals surface area contributed by atoms with Crippen LogP contribution in [0.3, 0.4) is 0 Å². The Morgan fingerprint density at radius 1 is 1.47 bits per heavy atom. The molecule has 1 atom stereocenters. The van der Waals surface area contributed by atoms with Gasteiger partial charge in [-0.2, -0.15) is 0 Å². The van der Waals surface area contributed by atoms with Gasteiger partial charge in [0.1, 0.15) is 0 Å². The zero-order valence-corrected chi connectivity index (χ0v) is 10.8. The minimum atomic E-state index is 0.521. The second-order valence-corrected chi connectivity index (χ2v) is 4.82. The van der Waals surface area contributed by atoms with Crippen LogP contribution in [0.1, 0.15) is 24.1 Å². The lowest BCUT2D eigenvalue weighted by Gasteiger charge is -2.30. The molecule has 2 heterocycles. The van der Waals surface area contributed by atoms with Crippen LogP contribution in [-0.2, 0) is 11.2 Å². The Balaban J connectivity index is 2.01. The predicted octanol–water partition coefficient (Wildman–Crippen LogP) is 1.95. The van der Waals surface area contributed by atoms with Gasteiger partial charge in [-0.05, 0) is 44.4 Å². The Morgan fingerprint density at radius 3 is 2.88 bits per heavy atom. The topological polar surface area (TPSA) is 34.2 Å². The van der Waals surface area contributed by atoms with E-state index < -0.39 is 0 Å². The standard InChI is InChI=1S/C14H22N2O/c1-11-4-3-7-16-13(11)10-14(15-2)12-5-8-17-9-6-12/h3-4,7,12,14-15H,5-6,8-10H2,1-2H3. The van der Waals surface area contributed by atoms with Crippen LogP contribution in [-0.4, -0.2) is 31.3 Å². The summed E-state index contributed by atoms with van der Waals surface area (Å²) in [5.41, 5.74) is 2.51. The third-order valence-electron chi connectivity index (χ3n) is 3.74. The summed E-state index contributed by atoms with van der Waals surface area (Å²) in [5, 5.41) is 3.45. The van der Waals surface area contributed by atoms with Crippen molar-refractivity contribution in [3.8, 4) is 0 Å². The minimum Gasteiger partial charge on any atom is -0.381 e. The summed E-state index contributed by atoms with van der Waals surface area (Å²) in [4.78, 5) is 4.49. The van der Waals surface area contributed by atoms with Gasteiger partial charge in [0, 0.05) is 37.6 Å². The summed E-state index contributed by atoms with van der Waals surface area (Å²) in [6, 6.07) is 4.66. The molecule has 0 spiro atoms. The van der Waals surface area contributed by atoms with Crippen molar-refractivity contribution in [3.05, 3.63) is 29.6 Å². The van der Waals surface area contributed by atoms with E-state index in [0.29, 0.717) is 6.04 Å². The molecule has 17 heavy (non-hydrogen) atoms. The third-order valence-corrected chi connectivity index (χ3v) is 3.74. The van der Waals surface area contributed by atoms with Crippen molar-refractivity contribution in [1.82, 2.24) is 10.3 Å². The lowest BCUT2D eigenvalue weighted by molar-refractivity contribution is 0.0546. The van der Waals surface area contributed by atoms with Crippen LogP contribution >= 0.6 is 0 Å². The quantitative estimate of drug-likeness (QED) is 0.864. The van der Waals surface area contributed by atoms with Crippen LogP contribution < -0.4 is 5.32 Å². The van der Waals surface area contributed by atoms with Crippen molar-refractivity contribution in [2.45, 2.75) is 32.2 Å². The number of hydrogen-bond acceptors (Lipinski definition) is 3. The normalized spacial score (nSPS) is 19.2. The van der Waals surface area contributed by atoms with E-state index in [-0.39, 0.29) is 0 Å². The average molecular weight is 234 g/mol. The van der Waals surface area contributed by atoms with Gasteiger partial charge in [0.25, 0.3) is 0 Å². The molecule has 1 aliphatic rings. The van der Waals surface area contributed by atoms with Gasteiger partial charge < -0.3 is 10.1 Å². The molecule has 1 aromatic rings. The fraction of sp³-hybridized carbons (Fsp3) is 0.643. The van der Waals surface area contributed by atoms with E-state index in [1.807, 2.05) is 12.3 Å². The fourth-order valence-electron chi connectivity index (χ4n) is 2.56. The maximum absolute atomic E-state index is 5.42. The Morgan fingerprint density at radius 2 is 2.24 bits per heavy atom. The molecular weight excluding hydrogens is 212 g/mol. The van der Waals surface area contributed by atoms with E-state index in [4.69, 9.17) is 4.74 Å². The average Bonchev–Trinajstić information content (AvgIpc) is 2.39. The molecule has 0 amide bonds. The second kappa shape index (κ2) is 6.12. The van der Waals surface area contributed by atoms with Crippen LogP contribution in [0, 0.1) is 12.8 Å². The predicted molar refractivity (Wildman–Crippen MR) is 69.1 cm³/mol. The molecule has 0 aliphatic carbocycles. The molecule has 0 aromatic carbocycles. The van der Waals surface area contributed by atoms with E-state index in [2.05, 4.69) is 30.3 Å². The molecule has 1 unspecified atom stereocenters. The first kappa shape index (κ1) is 12.5. The van der Waals surface area contributed by atoms with Gasteiger partial charge in [-0.1, -0.05) is 6.07 Å². The van der Waals surface area contributed by atoms with Crippen LogP contribution in [0.25, 0.3) is 0 Å². The summed E-state index contributed by atoms with van der Waals surface area (Å²) in [5.74, 6) is 0.718. The van der Waals surface area contributed by atoms with Crippen molar-refractivity contribution in [1.29, 1.82) is 0 Å². The number of aryl methyl sites for hydroxylation is 1. The molecule has 0 bridgehead atoms. The van der Waals surface area contributed by atoms with Crippen molar-refractivity contribution in [2.24, 2.45) is 5.92 Å². The van der Waals surface area contributed by atoms with Crippen molar-refractivity contribution in [2.75, 3.05) is 20.3 Å². The van der Waals surface area contributed by atoms with Crippen LogP contribution in [0.4, 0.5) is 0 Å². The maximum atomic E-state index is 5.42. The highest BCUT2D eigenvalue weighted by Gasteiger charge is 2.23. The van der Waals surface area contributed by atoms with Gasteiger partial charge in [-0.3, -0.25) is 4.98 Å². The van der Waals surface area contributed by atoms with Gasteiger partial charge in [0.2, 0.25) is 0 Å². The van der Waals surface area contributed by atoms with Crippen LogP contribution in [0.15, 0.2) is 18.3 Å². The van der Waals surface area contributed by atoms with Crippen molar-refractivity contribution >= 4 is 0 Å². The zero-order chi connectivity index (χ0) is 12.1. The van der Waals surface area contributed by atoms with Gasteiger partial charge >= 0.3 is 0 Å². The lowest BCUT2D eigenvalue weighted by Crippen LogP contribution is -2.39. The highest BCUT2D eigenvalue weighted by Crippen LogP contribution is 2.21. The van der Waals surface area contributed by atoms with E-state index in [1.54, 1.807) is 0 Å². The number of nitrogens with zero attached hydrogens (tertiary/aromatic N) is 1. The minimum absolute atomic E-state index is 0.521. The second-order valence-electron chi connectivity index (χ2n) is 4.82. The van der Waals surface area contributed by atoms with Gasteiger partial charge in [0.15, 0.2) is 0 Å². The number of likely N-dealkylation sites (N-methyl/N-ethyl adjacent to an activating group) is 1. The Bertz CT molecular complexity index is 348. The van der Waals surface area contributed by atoms with Gasteiger partial charge in [-0.25, -0.2) is 0 Å². The first-order valence-corrected chi connectivity index (χ1v) is 6.46. The molecule has 94 valence electrons. The molecular formula is C14H22N2O. The largest absolute Gasteiger partial charge is 0.381 e. The van der Waals surface area contributed by atoms with E-state index in [0.717, 1.165) is 38.4 Å². The van der Waals surface area contributed by atoms with E-state index in [1.165, 1.54) is 11.3 Å². The van der Waals surface area contributed by atoms with Gasteiger partial charge in [0.05, 0.1) is 0 Å². The fourth-order valence-corrected chi connectivity index (χ4v) is 2.56. The molecule has 1 fully saturated rings. The summed E-state index contributed by atoms with van der Waals surface area (Å²) in [6.07, 6.45) is 5.24. The van der Waals surface area contributed by atoms with E-state index in [9.17, 15) is 0 Å².